The lowest BCUT2D eigenvalue weighted by atomic mass is 10.3. The van der Waals surface area contributed by atoms with Gasteiger partial charge in [0.15, 0.2) is 0 Å². The van der Waals surface area contributed by atoms with Gasteiger partial charge in [0.1, 0.15) is 6.54 Å². The van der Waals surface area contributed by atoms with E-state index in [1.165, 1.54) is 0 Å². The van der Waals surface area contributed by atoms with Crippen molar-refractivity contribution in [1.29, 1.82) is 0 Å². The van der Waals surface area contributed by atoms with E-state index in [0.29, 0.717) is 6.54 Å². The Balaban J connectivity index is 2.55. The Morgan fingerprint density at radius 3 is 2.80 bits per heavy atom. The van der Waals surface area contributed by atoms with Crippen molar-refractivity contribution in [2.24, 2.45) is 5.73 Å². The highest BCUT2D eigenvalue weighted by Gasteiger charge is 2.08. The number of aryl methyl sites for hydroxylation is 2. The molecule has 3 N–H and O–H groups in total. The minimum absolute atomic E-state index is 0.00876. The second kappa shape index (κ2) is 4.93. The van der Waals surface area contributed by atoms with Crippen LogP contribution in [0, 0.1) is 13.8 Å². The van der Waals surface area contributed by atoms with Gasteiger partial charge < -0.3 is 11.1 Å². The average Bonchev–Trinajstić information content (AvgIpc) is 2.44. The molecule has 0 aliphatic carbocycles. The van der Waals surface area contributed by atoms with Crippen LogP contribution in [-0.4, -0.2) is 28.3 Å². The van der Waals surface area contributed by atoms with Gasteiger partial charge in [0.05, 0.1) is 5.69 Å². The predicted molar refractivity (Wildman–Crippen MR) is 58.4 cm³/mol. The second-order valence-corrected chi connectivity index (χ2v) is 3.79. The smallest absolute Gasteiger partial charge is 0.241 e. The molecule has 0 bridgehead atoms. The molecule has 0 spiro atoms. The highest BCUT2D eigenvalue weighted by atomic mass is 16.2. The zero-order valence-electron chi connectivity index (χ0n) is 9.45. The minimum Gasteiger partial charge on any atom is -0.351 e. The van der Waals surface area contributed by atoms with E-state index in [-0.39, 0.29) is 18.5 Å². The normalized spacial score (nSPS) is 12.5. The number of hydrogen-bond acceptors (Lipinski definition) is 3. The van der Waals surface area contributed by atoms with E-state index in [2.05, 4.69) is 10.4 Å². The topological polar surface area (TPSA) is 72.9 Å². The molecule has 0 aliphatic heterocycles. The highest BCUT2D eigenvalue weighted by molar-refractivity contribution is 5.76. The van der Waals surface area contributed by atoms with Crippen molar-refractivity contribution in [2.45, 2.75) is 33.4 Å². The lowest BCUT2D eigenvalue weighted by molar-refractivity contribution is -0.122. The Kier molecular flexibility index (Phi) is 3.85. The van der Waals surface area contributed by atoms with Crippen LogP contribution in [-0.2, 0) is 11.3 Å². The fourth-order valence-corrected chi connectivity index (χ4v) is 1.35. The van der Waals surface area contributed by atoms with E-state index >= 15 is 0 Å². The summed E-state index contributed by atoms with van der Waals surface area (Å²) < 4.78 is 1.69. The summed E-state index contributed by atoms with van der Waals surface area (Å²) in [5.74, 6) is -0.0563. The van der Waals surface area contributed by atoms with Crippen molar-refractivity contribution < 1.29 is 4.79 Å². The van der Waals surface area contributed by atoms with Gasteiger partial charge in [0.2, 0.25) is 5.91 Å². The molecule has 1 amide bonds. The molecular formula is C10H18N4O. The number of amides is 1. The quantitative estimate of drug-likeness (QED) is 0.732. The van der Waals surface area contributed by atoms with Gasteiger partial charge in [-0.3, -0.25) is 9.48 Å². The first-order valence-electron chi connectivity index (χ1n) is 5.03. The van der Waals surface area contributed by atoms with Crippen LogP contribution < -0.4 is 11.1 Å². The van der Waals surface area contributed by atoms with Gasteiger partial charge in [-0.2, -0.15) is 5.10 Å². The van der Waals surface area contributed by atoms with Crippen molar-refractivity contribution in [3.63, 3.8) is 0 Å². The van der Waals surface area contributed by atoms with Crippen LogP contribution >= 0.6 is 0 Å². The first-order valence-corrected chi connectivity index (χ1v) is 5.03. The molecule has 0 saturated carbocycles. The molecule has 5 nitrogen and oxygen atoms in total. The van der Waals surface area contributed by atoms with Crippen LogP contribution in [0.1, 0.15) is 18.3 Å². The third-order valence-corrected chi connectivity index (χ3v) is 2.16. The molecule has 5 heteroatoms. The number of nitrogens with zero attached hydrogens (tertiary/aromatic N) is 2. The zero-order valence-corrected chi connectivity index (χ0v) is 9.45. The molecule has 1 unspecified atom stereocenters. The highest BCUT2D eigenvalue weighted by Crippen LogP contribution is 2.00. The number of rotatable bonds is 4. The van der Waals surface area contributed by atoms with Gasteiger partial charge in [0, 0.05) is 18.3 Å². The number of hydrogen-bond donors (Lipinski definition) is 2. The molecule has 0 fully saturated rings. The van der Waals surface area contributed by atoms with Gasteiger partial charge in [0.25, 0.3) is 0 Å². The van der Waals surface area contributed by atoms with Crippen LogP contribution in [0.15, 0.2) is 6.07 Å². The Bertz CT molecular complexity index is 345. The largest absolute Gasteiger partial charge is 0.351 e. The van der Waals surface area contributed by atoms with E-state index in [1.54, 1.807) is 4.68 Å². The van der Waals surface area contributed by atoms with Gasteiger partial charge in [-0.25, -0.2) is 0 Å². The molecular weight excluding hydrogens is 192 g/mol. The van der Waals surface area contributed by atoms with Gasteiger partial charge in [-0.1, -0.05) is 0 Å². The number of carbonyl (C=O) groups excluding carboxylic acids is 1. The molecule has 15 heavy (non-hydrogen) atoms. The Labute approximate surface area is 89.6 Å². The summed E-state index contributed by atoms with van der Waals surface area (Å²) in [6.45, 7) is 6.41. The van der Waals surface area contributed by atoms with E-state index < -0.39 is 0 Å². The maximum absolute atomic E-state index is 11.5. The fraction of sp³-hybridized carbons (Fsp3) is 0.600. The molecule has 0 aromatic carbocycles. The van der Waals surface area contributed by atoms with Gasteiger partial charge >= 0.3 is 0 Å². The minimum atomic E-state index is -0.0563. The van der Waals surface area contributed by atoms with Crippen molar-refractivity contribution in [3.8, 4) is 0 Å². The standard InChI is InChI=1S/C10H18N4O/c1-7-4-9(3)14(13-7)6-10(15)12-8(2)5-11/h4,8H,5-6,11H2,1-3H3,(H,12,15). The maximum atomic E-state index is 11.5. The number of aromatic nitrogens is 2. The molecule has 0 saturated heterocycles. The summed E-state index contributed by atoms with van der Waals surface area (Å²) in [6, 6.07) is 1.95. The predicted octanol–water partition coefficient (Wildman–Crippen LogP) is -0.0367. The maximum Gasteiger partial charge on any atom is 0.241 e. The second-order valence-electron chi connectivity index (χ2n) is 3.79. The Hall–Kier alpha value is -1.36. The average molecular weight is 210 g/mol. The zero-order chi connectivity index (χ0) is 11.4. The monoisotopic (exact) mass is 210 g/mol. The van der Waals surface area contributed by atoms with E-state index in [9.17, 15) is 4.79 Å². The third-order valence-electron chi connectivity index (χ3n) is 2.16. The SMILES string of the molecule is Cc1cc(C)n(CC(=O)NC(C)CN)n1. The third kappa shape index (κ3) is 3.36. The van der Waals surface area contributed by atoms with Gasteiger partial charge in [-0.15, -0.1) is 0 Å². The Morgan fingerprint density at radius 1 is 1.67 bits per heavy atom. The summed E-state index contributed by atoms with van der Waals surface area (Å²) in [4.78, 5) is 11.5. The summed E-state index contributed by atoms with van der Waals surface area (Å²) in [7, 11) is 0. The number of carbonyl (C=O) groups is 1. The van der Waals surface area contributed by atoms with Crippen LogP contribution in [0.3, 0.4) is 0 Å². The molecule has 0 aliphatic rings. The van der Waals surface area contributed by atoms with Crippen LogP contribution in [0.25, 0.3) is 0 Å². The molecule has 0 radical (unpaired) electrons. The molecule has 1 atom stereocenters. The summed E-state index contributed by atoms with van der Waals surface area (Å²) in [5, 5.41) is 7.00. The number of nitrogens with two attached hydrogens (primary N) is 1. The van der Waals surface area contributed by atoms with Gasteiger partial charge in [-0.05, 0) is 26.8 Å². The molecule has 1 rings (SSSR count). The Morgan fingerprint density at radius 2 is 2.33 bits per heavy atom. The molecule has 84 valence electrons. The van der Waals surface area contributed by atoms with Crippen molar-refractivity contribution >= 4 is 5.91 Å². The van der Waals surface area contributed by atoms with Crippen LogP contribution in [0.2, 0.25) is 0 Å². The lowest BCUT2D eigenvalue weighted by Gasteiger charge is -2.11. The van der Waals surface area contributed by atoms with Crippen LogP contribution in [0.4, 0.5) is 0 Å². The fourth-order valence-electron chi connectivity index (χ4n) is 1.35. The summed E-state index contributed by atoms with van der Waals surface area (Å²) in [5.41, 5.74) is 7.32. The first-order chi connectivity index (χ1) is 7.02. The molecule has 1 aromatic heterocycles. The molecule has 1 aromatic rings. The van der Waals surface area contributed by atoms with Crippen LogP contribution in [0.5, 0.6) is 0 Å². The first kappa shape index (κ1) is 11.7. The number of nitrogens with one attached hydrogen (secondary N) is 1. The summed E-state index contributed by atoms with van der Waals surface area (Å²) >= 11 is 0. The van der Waals surface area contributed by atoms with E-state index in [0.717, 1.165) is 11.4 Å². The molecule has 1 heterocycles. The van der Waals surface area contributed by atoms with E-state index in [1.807, 2.05) is 26.8 Å². The van der Waals surface area contributed by atoms with E-state index in [4.69, 9.17) is 5.73 Å². The van der Waals surface area contributed by atoms with Crippen molar-refractivity contribution in [3.05, 3.63) is 17.5 Å². The summed E-state index contributed by atoms with van der Waals surface area (Å²) in [6.07, 6.45) is 0. The lowest BCUT2D eigenvalue weighted by Crippen LogP contribution is -2.39. The van der Waals surface area contributed by atoms with Crippen molar-refractivity contribution in [2.75, 3.05) is 6.54 Å². The van der Waals surface area contributed by atoms with Crippen molar-refractivity contribution in [1.82, 2.24) is 15.1 Å².